The van der Waals surface area contributed by atoms with Crippen LogP contribution in [0.25, 0.3) is 0 Å². The van der Waals surface area contributed by atoms with Crippen LogP contribution in [-0.4, -0.2) is 22.8 Å². The van der Waals surface area contributed by atoms with E-state index in [0.29, 0.717) is 13.0 Å². The van der Waals surface area contributed by atoms with Gasteiger partial charge in [0.15, 0.2) is 0 Å². The minimum atomic E-state index is -0.681. The number of aliphatic hydroxyl groups excluding tert-OH is 1. The smallest absolute Gasteiger partial charge is 1.00 e. The van der Waals surface area contributed by atoms with Gasteiger partial charge in [-0.2, -0.15) is 0 Å². The predicted molar refractivity (Wildman–Crippen MR) is 62.0 cm³/mol. The molecule has 0 fully saturated rings. The molecule has 0 unspecified atom stereocenters. The average Bonchev–Trinajstić information content (AvgIpc) is 2.20. The van der Waals surface area contributed by atoms with Gasteiger partial charge in [-0.3, -0.25) is 4.79 Å². The zero-order valence-corrected chi connectivity index (χ0v) is 16.9. The molecular formula is C12H25CsO3. The number of aliphatic carboxylic acids is 1. The summed E-state index contributed by atoms with van der Waals surface area (Å²) in [5, 5.41) is 17.0. The van der Waals surface area contributed by atoms with Crippen LogP contribution in [0.1, 0.15) is 65.6 Å². The van der Waals surface area contributed by atoms with E-state index < -0.39 is 5.97 Å². The standard InChI is InChI=1S/C12H24O3.Cs.H/c13-11-9-7-5-3-1-2-4-6-8-10-12(14)15;;/h13H,1-11H2,(H,14,15);;/q;+1;-1. The summed E-state index contributed by atoms with van der Waals surface area (Å²) in [5.41, 5.74) is 0. The Hall–Kier alpha value is 1.48. The summed E-state index contributed by atoms with van der Waals surface area (Å²) in [6, 6.07) is 0. The normalized spacial score (nSPS) is 9.81. The molecule has 0 bridgehead atoms. The summed E-state index contributed by atoms with van der Waals surface area (Å²) >= 11 is 0. The number of hydrogen-bond donors (Lipinski definition) is 2. The summed E-state index contributed by atoms with van der Waals surface area (Å²) < 4.78 is 0. The Kier molecular flexibility index (Phi) is 20.4. The van der Waals surface area contributed by atoms with E-state index in [0.717, 1.165) is 32.1 Å². The van der Waals surface area contributed by atoms with Crippen molar-refractivity contribution in [1.82, 2.24) is 0 Å². The molecule has 0 heterocycles. The number of hydrogen-bond acceptors (Lipinski definition) is 2. The largest absolute Gasteiger partial charge is 1.00 e. The molecule has 0 aromatic carbocycles. The molecule has 0 atom stereocenters. The van der Waals surface area contributed by atoms with E-state index in [1.54, 1.807) is 0 Å². The van der Waals surface area contributed by atoms with Crippen LogP contribution in [0, 0.1) is 0 Å². The van der Waals surface area contributed by atoms with Gasteiger partial charge in [-0.1, -0.05) is 44.9 Å². The van der Waals surface area contributed by atoms with Crippen LogP contribution >= 0.6 is 0 Å². The molecule has 0 saturated carbocycles. The molecule has 3 nitrogen and oxygen atoms in total. The molecule has 0 aromatic rings. The second kappa shape index (κ2) is 16.5. The molecule has 4 heteroatoms. The summed E-state index contributed by atoms with van der Waals surface area (Å²) in [6.07, 6.45) is 10.3. The molecule has 0 amide bonds. The van der Waals surface area contributed by atoms with Crippen molar-refractivity contribution < 1.29 is 85.3 Å². The van der Waals surface area contributed by atoms with Crippen LogP contribution in [0.3, 0.4) is 0 Å². The zero-order valence-electron chi connectivity index (χ0n) is 11.6. The van der Waals surface area contributed by atoms with Gasteiger partial charge in [0.05, 0.1) is 0 Å². The fraction of sp³-hybridized carbons (Fsp3) is 0.917. The van der Waals surface area contributed by atoms with Gasteiger partial charge in [0.1, 0.15) is 0 Å². The van der Waals surface area contributed by atoms with Crippen molar-refractivity contribution >= 4 is 5.97 Å². The quantitative estimate of drug-likeness (QED) is 0.519. The van der Waals surface area contributed by atoms with Gasteiger partial charge in [0.2, 0.25) is 0 Å². The predicted octanol–water partition coefficient (Wildman–Crippen LogP) is 0.0808. The average molecular weight is 350 g/mol. The maximum absolute atomic E-state index is 10.2. The Morgan fingerprint density at radius 3 is 1.56 bits per heavy atom. The van der Waals surface area contributed by atoms with Crippen LogP contribution in [0.5, 0.6) is 0 Å². The second-order valence-corrected chi connectivity index (χ2v) is 4.05. The Morgan fingerprint density at radius 2 is 1.19 bits per heavy atom. The Bertz CT molecular complexity index is 157. The number of carboxylic acid groups (broad SMARTS) is 1. The van der Waals surface area contributed by atoms with E-state index in [9.17, 15) is 4.79 Å². The summed E-state index contributed by atoms with van der Waals surface area (Å²) in [6.45, 7) is 0.315. The third-order valence-corrected chi connectivity index (χ3v) is 2.55. The minimum absolute atomic E-state index is 0. The summed E-state index contributed by atoms with van der Waals surface area (Å²) in [4.78, 5) is 10.2. The van der Waals surface area contributed by atoms with Crippen molar-refractivity contribution in [2.75, 3.05) is 6.61 Å². The fourth-order valence-electron chi connectivity index (χ4n) is 1.63. The Balaban J connectivity index is -0.000000980. The molecule has 92 valence electrons. The van der Waals surface area contributed by atoms with Gasteiger partial charge in [-0.15, -0.1) is 0 Å². The monoisotopic (exact) mass is 350 g/mol. The molecule has 0 radical (unpaired) electrons. The van der Waals surface area contributed by atoms with Gasteiger partial charge in [-0.25, -0.2) is 0 Å². The van der Waals surface area contributed by atoms with E-state index >= 15 is 0 Å². The molecule has 0 rings (SSSR count). The van der Waals surface area contributed by atoms with Crippen LogP contribution in [0.2, 0.25) is 0 Å². The molecule has 16 heavy (non-hydrogen) atoms. The van der Waals surface area contributed by atoms with Crippen molar-refractivity contribution in [2.24, 2.45) is 0 Å². The first-order valence-electron chi connectivity index (χ1n) is 6.10. The SMILES string of the molecule is O=C(O)CCCCCCCCCCCO.[Cs+].[H-]. The number of carbonyl (C=O) groups is 1. The van der Waals surface area contributed by atoms with Crippen molar-refractivity contribution in [1.29, 1.82) is 0 Å². The molecular weight excluding hydrogens is 325 g/mol. The first-order chi connectivity index (χ1) is 7.27. The zero-order chi connectivity index (χ0) is 11.4. The van der Waals surface area contributed by atoms with E-state index in [1.165, 1.54) is 25.7 Å². The molecule has 0 aliphatic heterocycles. The van der Waals surface area contributed by atoms with Crippen LogP contribution in [0.4, 0.5) is 0 Å². The molecule has 0 spiro atoms. The Labute approximate surface area is 159 Å². The summed E-state index contributed by atoms with van der Waals surface area (Å²) in [7, 11) is 0. The number of rotatable bonds is 11. The molecule has 0 aliphatic carbocycles. The number of carboxylic acids is 1. The van der Waals surface area contributed by atoms with Gasteiger partial charge in [0.25, 0.3) is 0 Å². The van der Waals surface area contributed by atoms with Crippen molar-refractivity contribution in [3.63, 3.8) is 0 Å². The first kappa shape index (κ1) is 19.8. The van der Waals surface area contributed by atoms with E-state index in [2.05, 4.69) is 0 Å². The third-order valence-electron chi connectivity index (χ3n) is 2.55. The van der Waals surface area contributed by atoms with Crippen LogP contribution in [-0.2, 0) is 4.79 Å². The van der Waals surface area contributed by atoms with E-state index in [1.807, 2.05) is 0 Å². The van der Waals surface area contributed by atoms with Gasteiger partial charge in [0, 0.05) is 13.0 Å². The topological polar surface area (TPSA) is 57.5 Å². The third kappa shape index (κ3) is 17.9. The van der Waals surface area contributed by atoms with Crippen LogP contribution < -0.4 is 68.9 Å². The maximum Gasteiger partial charge on any atom is 1.00 e. The summed E-state index contributed by atoms with van der Waals surface area (Å²) in [5.74, 6) is -0.681. The number of unbranched alkanes of at least 4 members (excludes halogenated alkanes) is 8. The van der Waals surface area contributed by atoms with Crippen molar-refractivity contribution in [3.05, 3.63) is 0 Å². The number of aliphatic hydroxyl groups is 1. The van der Waals surface area contributed by atoms with Gasteiger partial charge in [-0.05, 0) is 12.8 Å². The van der Waals surface area contributed by atoms with Crippen LogP contribution in [0.15, 0.2) is 0 Å². The fourth-order valence-corrected chi connectivity index (χ4v) is 1.63. The maximum atomic E-state index is 10.2. The van der Waals surface area contributed by atoms with Crippen molar-refractivity contribution in [2.45, 2.75) is 64.2 Å². The Morgan fingerprint density at radius 1 is 0.812 bits per heavy atom. The van der Waals surface area contributed by atoms with Gasteiger partial charge >= 0.3 is 74.9 Å². The molecule has 0 aromatic heterocycles. The molecule has 0 aliphatic rings. The minimum Gasteiger partial charge on any atom is -1.00 e. The molecule has 2 N–H and O–H groups in total. The van der Waals surface area contributed by atoms with E-state index in [4.69, 9.17) is 10.2 Å². The second-order valence-electron chi connectivity index (χ2n) is 4.05. The van der Waals surface area contributed by atoms with Gasteiger partial charge < -0.3 is 11.6 Å². The van der Waals surface area contributed by atoms with E-state index in [-0.39, 0.29) is 70.3 Å². The van der Waals surface area contributed by atoms with Crippen molar-refractivity contribution in [3.8, 4) is 0 Å². The first-order valence-corrected chi connectivity index (χ1v) is 6.10. The molecule has 0 saturated heterocycles.